The van der Waals surface area contributed by atoms with Gasteiger partial charge in [0.05, 0.1) is 12.6 Å². The van der Waals surface area contributed by atoms with Gasteiger partial charge in [-0.2, -0.15) is 0 Å². The summed E-state index contributed by atoms with van der Waals surface area (Å²) in [6, 6.07) is 2.05. The molecule has 1 atom stereocenters. The van der Waals surface area contributed by atoms with Gasteiger partial charge in [0.2, 0.25) is 0 Å². The molecule has 0 unspecified atom stereocenters. The van der Waals surface area contributed by atoms with Crippen LogP contribution >= 0.6 is 0 Å². The third-order valence-electron chi connectivity index (χ3n) is 4.78. The first-order valence-corrected chi connectivity index (χ1v) is 8.30. The van der Waals surface area contributed by atoms with E-state index in [0.29, 0.717) is 12.2 Å². The minimum absolute atomic E-state index is 0.0173. The Morgan fingerprint density at radius 1 is 1.32 bits per heavy atom. The largest absolute Gasteiger partial charge is 0.393 e. The molecule has 0 bridgehead atoms. The van der Waals surface area contributed by atoms with Gasteiger partial charge < -0.3 is 14.5 Å². The number of aromatic nitrogens is 1. The number of aliphatic hydroxyl groups is 1. The van der Waals surface area contributed by atoms with Crippen LogP contribution in [0.4, 0.5) is 0 Å². The molecule has 3 rings (SSSR count). The molecule has 2 saturated heterocycles. The molecule has 122 valence electrons. The van der Waals surface area contributed by atoms with Crippen LogP contribution in [0.1, 0.15) is 55.3 Å². The maximum Gasteiger partial charge on any atom is 0.276 e. The zero-order chi connectivity index (χ0) is 15.5. The average molecular weight is 307 g/mol. The van der Waals surface area contributed by atoms with Crippen molar-refractivity contribution in [1.29, 1.82) is 0 Å². The summed E-state index contributed by atoms with van der Waals surface area (Å²) in [4.78, 5) is 16.6. The number of nitrogens with zero attached hydrogens (tertiary/aromatic N) is 3. The number of hydrogen-bond acceptors (Lipinski definition) is 5. The van der Waals surface area contributed by atoms with Crippen LogP contribution in [0.15, 0.2) is 10.6 Å². The summed E-state index contributed by atoms with van der Waals surface area (Å²) < 4.78 is 5.34. The van der Waals surface area contributed by atoms with E-state index in [1.54, 1.807) is 6.07 Å². The Balaban J connectivity index is 1.59. The van der Waals surface area contributed by atoms with E-state index in [1.807, 2.05) is 4.90 Å². The Hall–Kier alpha value is -1.40. The van der Waals surface area contributed by atoms with Crippen molar-refractivity contribution < 1.29 is 14.4 Å². The lowest BCUT2D eigenvalue weighted by Gasteiger charge is -2.32. The van der Waals surface area contributed by atoms with Crippen LogP contribution in [0.5, 0.6) is 0 Å². The molecule has 1 aromatic rings. The second-order valence-electron chi connectivity index (χ2n) is 6.53. The topological polar surface area (TPSA) is 69.8 Å². The lowest BCUT2D eigenvalue weighted by atomic mass is 10.0. The SMILES string of the molecule is C[C@@H]1CCCCN1C(=O)c1cc(CN2CCC(O)CC2)on1. The van der Waals surface area contributed by atoms with E-state index in [9.17, 15) is 9.90 Å². The summed E-state index contributed by atoms with van der Waals surface area (Å²) in [5, 5.41) is 13.5. The Kier molecular flexibility index (Phi) is 4.78. The second kappa shape index (κ2) is 6.79. The smallest absolute Gasteiger partial charge is 0.276 e. The molecule has 1 N–H and O–H groups in total. The van der Waals surface area contributed by atoms with Crippen LogP contribution < -0.4 is 0 Å². The van der Waals surface area contributed by atoms with Gasteiger partial charge in [-0.1, -0.05) is 5.16 Å². The number of piperidine rings is 2. The van der Waals surface area contributed by atoms with E-state index >= 15 is 0 Å². The molecule has 6 nitrogen and oxygen atoms in total. The van der Waals surface area contributed by atoms with Crippen LogP contribution in [-0.4, -0.2) is 57.8 Å². The Morgan fingerprint density at radius 3 is 2.82 bits per heavy atom. The van der Waals surface area contributed by atoms with E-state index in [-0.39, 0.29) is 18.1 Å². The molecular weight excluding hydrogens is 282 g/mol. The van der Waals surface area contributed by atoms with Crippen LogP contribution in [0.3, 0.4) is 0 Å². The summed E-state index contributed by atoms with van der Waals surface area (Å²) in [7, 11) is 0. The Morgan fingerprint density at radius 2 is 2.09 bits per heavy atom. The van der Waals surface area contributed by atoms with Crippen LogP contribution in [0.25, 0.3) is 0 Å². The zero-order valence-corrected chi connectivity index (χ0v) is 13.2. The molecule has 0 radical (unpaired) electrons. The van der Waals surface area contributed by atoms with Gasteiger partial charge >= 0.3 is 0 Å². The zero-order valence-electron chi connectivity index (χ0n) is 13.2. The first-order chi connectivity index (χ1) is 10.6. The molecule has 0 aliphatic carbocycles. The maximum absolute atomic E-state index is 12.5. The summed E-state index contributed by atoms with van der Waals surface area (Å²) in [6.07, 6.45) is 4.74. The number of rotatable bonds is 3. The van der Waals surface area contributed by atoms with Gasteiger partial charge in [0.15, 0.2) is 11.5 Å². The van der Waals surface area contributed by atoms with E-state index in [0.717, 1.165) is 51.1 Å². The number of likely N-dealkylation sites (tertiary alicyclic amines) is 2. The molecule has 0 aromatic carbocycles. The molecule has 0 saturated carbocycles. The van der Waals surface area contributed by atoms with Crippen molar-refractivity contribution in [2.45, 2.75) is 57.7 Å². The molecule has 2 aliphatic rings. The quantitative estimate of drug-likeness (QED) is 0.919. The van der Waals surface area contributed by atoms with Crippen LogP contribution in [0, 0.1) is 0 Å². The highest BCUT2D eigenvalue weighted by Gasteiger charge is 2.27. The third-order valence-corrected chi connectivity index (χ3v) is 4.78. The van der Waals surface area contributed by atoms with Crippen molar-refractivity contribution in [1.82, 2.24) is 15.0 Å². The number of amides is 1. The van der Waals surface area contributed by atoms with Gasteiger partial charge in [-0.25, -0.2) is 0 Å². The van der Waals surface area contributed by atoms with Crippen molar-refractivity contribution in [3.8, 4) is 0 Å². The fourth-order valence-electron chi connectivity index (χ4n) is 3.33. The minimum Gasteiger partial charge on any atom is -0.393 e. The van der Waals surface area contributed by atoms with E-state index in [4.69, 9.17) is 4.52 Å². The number of carbonyl (C=O) groups is 1. The number of carbonyl (C=O) groups excluding carboxylic acids is 1. The second-order valence-corrected chi connectivity index (χ2v) is 6.53. The van der Waals surface area contributed by atoms with Crippen molar-refractivity contribution >= 4 is 5.91 Å². The van der Waals surface area contributed by atoms with E-state index < -0.39 is 0 Å². The van der Waals surface area contributed by atoms with Crippen molar-refractivity contribution in [2.75, 3.05) is 19.6 Å². The summed E-state index contributed by atoms with van der Waals surface area (Å²) in [5.74, 6) is 0.709. The lowest BCUT2D eigenvalue weighted by Crippen LogP contribution is -2.42. The monoisotopic (exact) mass is 307 g/mol. The third kappa shape index (κ3) is 3.50. The van der Waals surface area contributed by atoms with Crippen molar-refractivity contribution in [3.05, 3.63) is 17.5 Å². The van der Waals surface area contributed by atoms with E-state index in [2.05, 4.69) is 17.0 Å². The maximum atomic E-state index is 12.5. The Labute approximate surface area is 131 Å². The van der Waals surface area contributed by atoms with Gasteiger partial charge in [-0.05, 0) is 39.0 Å². The Bertz CT molecular complexity index is 508. The van der Waals surface area contributed by atoms with Crippen LogP contribution in [0.2, 0.25) is 0 Å². The van der Waals surface area contributed by atoms with Crippen LogP contribution in [-0.2, 0) is 6.54 Å². The summed E-state index contributed by atoms with van der Waals surface area (Å²) in [6.45, 7) is 5.27. The van der Waals surface area contributed by atoms with Gasteiger partial charge in [0, 0.05) is 31.7 Å². The van der Waals surface area contributed by atoms with Crippen molar-refractivity contribution in [3.63, 3.8) is 0 Å². The highest BCUT2D eigenvalue weighted by Crippen LogP contribution is 2.20. The highest BCUT2D eigenvalue weighted by atomic mass is 16.5. The van der Waals surface area contributed by atoms with Gasteiger partial charge in [0.1, 0.15) is 0 Å². The molecule has 2 fully saturated rings. The normalized spacial score (nSPS) is 24.6. The summed E-state index contributed by atoms with van der Waals surface area (Å²) >= 11 is 0. The molecule has 1 aromatic heterocycles. The first-order valence-electron chi connectivity index (χ1n) is 8.30. The fraction of sp³-hybridized carbons (Fsp3) is 0.750. The highest BCUT2D eigenvalue weighted by molar-refractivity contribution is 5.92. The van der Waals surface area contributed by atoms with Gasteiger partial charge in [-0.15, -0.1) is 0 Å². The molecule has 6 heteroatoms. The van der Waals surface area contributed by atoms with Gasteiger partial charge in [-0.3, -0.25) is 9.69 Å². The van der Waals surface area contributed by atoms with E-state index in [1.165, 1.54) is 6.42 Å². The molecule has 1 amide bonds. The first kappa shape index (κ1) is 15.5. The molecule has 0 spiro atoms. The molecule has 2 aliphatic heterocycles. The molecule has 22 heavy (non-hydrogen) atoms. The average Bonchev–Trinajstić information content (AvgIpc) is 2.98. The molecular formula is C16H25N3O3. The minimum atomic E-state index is -0.177. The fourth-order valence-corrected chi connectivity index (χ4v) is 3.33. The standard InChI is InChI=1S/C16H25N3O3/c1-12-4-2-3-7-19(12)16(21)15-10-14(22-17-15)11-18-8-5-13(20)6-9-18/h10,12-13,20H,2-9,11H2,1H3/t12-/m1/s1. The molecule has 3 heterocycles. The number of hydrogen-bond donors (Lipinski definition) is 1. The predicted octanol–water partition coefficient (Wildman–Crippen LogP) is 1.65. The number of aliphatic hydroxyl groups excluding tert-OH is 1. The lowest BCUT2D eigenvalue weighted by molar-refractivity contribution is 0.0623. The summed E-state index contributed by atoms with van der Waals surface area (Å²) in [5.41, 5.74) is 0.417. The van der Waals surface area contributed by atoms with Crippen molar-refractivity contribution in [2.24, 2.45) is 0 Å². The van der Waals surface area contributed by atoms with Gasteiger partial charge in [0.25, 0.3) is 5.91 Å². The predicted molar refractivity (Wildman–Crippen MR) is 81.4 cm³/mol.